The summed E-state index contributed by atoms with van der Waals surface area (Å²) in [5, 5.41) is 0. The summed E-state index contributed by atoms with van der Waals surface area (Å²) in [5.74, 6) is 6.17. The van der Waals surface area contributed by atoms with Crippen molar-refractivity contribution in [1.82, 2.24) is 0 Å². The Morgan fingerprint density at radius 1 is 0.842 bits per heavy atom. The first kappa shape index (κ1) is 18.7. The molecule has 0 bridgehead atoms. The molecule has 0 spiro atoms. The van der Waals surface area contributed by atoms with Gasteiger partial charge in [0.05, 0.1) is 19.8 Å². The predicted molar refractivity (Wildman–Crippen MR) is 81.0 cm³/mol. The summed E-state index contributed by atoms with van der Waals surface area (Å²) in [4.78, 5) is 0. The van der Waals surface area contributed by atoms with Gasteiger partial charge < -0.3 is 13.6 Å². The van der Waals surface area contributed by atoms with Crippen LogP contribution in [0.3, 0.4) is 0 Å². The fourth-order valence-corrected chi connectivity index (χ4v) is 3.14. The molecule has 0 heterocycles. The van der Waals surface area contributed by atoms with E-state index < -0.39 is 7.74 Å². The summed E-state index contributed by atoms with van der Waals surface area (Å²) in [5.41, 5.74) is 0. The van der Waals surface area contributed by atoms with Crippen LogP contribution in [0.15, 0.2) is 4.74 Å². The molecular formula is C14H28NO3P. The average Bonchev–Trinajstić information content (AvgIpc) is 2.39. The molecule has 0 rings (SSSR count). The minimum Gasteiger partial charge on any atom is -0.303 e. The molecule has 0 radical (unpaired) electrons. The van der Waals surface area contributed by atoms with Crippen LogP contribution in [0.4, 0.5) is 0 Å². The van der Waals surface area contributed by atoms with E-state index in [9.17, 15) is 0 Å². The summed E-state index contributed by atoms with van der Waals surface area (Å²) < 4.78 is 21.2. The molecule has 112 valence electrons. The van der Waals surface area contributed by atoms with Gasteiger partial charge in [-0.3, -0.25) is 0 Å². The zero-order valence-electron chi connectivity index (χ0n) is 12.8. The van der Waals surface area contributed by atoms with Gasteiger partial charge in [-0.2, -0.15) is 0 Å². The molecule has 19 heavy (non-hydrogen) atoms. The maximum Gasteiger partial charge on any atom is 0.356 e. The van der Waals surface area contributed by atoms with E-state index in [1.165, 1.54) is 12.8 Å². The minimum absolute atomic E-state index is 0.417. The fraction of sp³-hybridized carbons (Fsp3) is 0.857. The van der Waals surface area contributed by atoms with Gasteiger partial charge in [0, 0.05) is 6.42 Å². The third-order valence-corrected chi connectivity index (χ3v) is 4.47. The smallest absolute Gasteiger partial charge is 0.303 e. The highest BCUT2D eigenvalue weighted by atomic mass is 31.2. The maximum atomic E-state index is 5.59. The Kier molecular flexibility index (Phi) is 12.5. The Morgan fingerprint density at radius 2 is 1.42 bits per heavy atom. The number of nitrogens with zero attached hydrogens (tertiary/aromatic N) is 1. The van der Waals surface area contributed by atoms with Crippen molar-refractivity contribution in [3.8, 4) is 11.8 Å². The standard InChI is InChI=1S/C14H28NO3P/c1-5-9-10-11-12-13-14-15-19(16-6-2,17-7-3)18-8-4/h5-11,14H2,1-4H3. The fourth-order valence-electron chi connectivity index (χ4n) is 1.45. The van der Waals surface area contributed by atoms with Crippen LogP contribution in [0.5, 0.6) is 0 Å². The van der Waals surface area contributed by atoms with Crippen molar-refractivity contribution < 1.29 is 13.6 Å². The molecular weight excluding hydrogens is 261 g/mol. The molecule has 0 aromatic rings. The van der Waals surface area contributed by atoms with Crippen molar-refractivity contribution in [3.63, 3.8) is 0 Å². The third-order valence-electron chi connectivity index (χ3n) is 2.23. The Hall–Kier alpha value is -0.330. The molecule has 0 amide bonds. The average molecular weight is 289 g/mol. The normalized spacial score (nSPS) is 10.9. The molecule has 0 saturated carbocycles. The quantitative estimate of drug-likeness (QED) is 0.334. The van der Waals surface area contributed by atoms with E-state index in [0.717, 1.165) is 12.8 Å². The molecule has 0 atom stereocenters. The highest BCUT2D eigenvalue weighted by Crippen LogP contribution is 2.52. The topological polar surface area (TPSA) is 40.0 Å². The van der Waals surface area contributed by atoms with Crippen molar-refractivity contribution in [2.75, 3.05) is 26.4 Å². The van der Waals surface area contributed by atoms with Crippen LogP contribution in [0.1, 0.15) is 53.4 Å². The highest BCUT2D eigenvalue weighted by molar-refractivity contribution is 7.51. The van der Waals surface area contributed by atoms with E-state index >= 15 is 0 Å². The van der Waals surface area contributed by atoms with E-state index in [4.69, 9.17) is 13.6 Å². The highest BCUT2D eigenvalue weighted by Gasteiger charge is 2.21. The Balaban J connectivity index is 4.44. The van der Waals surface area contributed by atoms with Gasteiger partial charge >= 0.3 is 7.74 Å². The van der Waals surface area contributed by atoms with Crippen molar-refractivity contribution in [2.24, 2.45) is 4.74 Å². The predicted octanol–water partition coefficient (Wildman–Crippen LogP) is 4.63. The van der Waals surface area contributed by atoms with Crippen LogP contribution in [0, 0.1) is 11.8 Å². The van der Waals surface area contributed by atoms with Crippen LogP contribution in [0.25, 0.3) is 0 Å². The van der Waals surface area contributed by atoms with E-state index in [1.807, 2.05) is 20.8 Å². The summed E-state index contributed by atoms with van der Waals surface area (Å²) >= 11 is 0. The van der Waals surface area contributed by atoms with Crippen LogP contribution in [0.2, 0.25) is 0 Å². The first-order valence-corrected chi connectivity index (χ1v) is 8.71. The van der Waals surface area contributed by atoms with Crippen molar-refractivity contribution in [1.29, 1.82) is 0 Å². The van der Waals surface area contributed by atoms with Gasteiger partial charge in [0.2, 0.25) is 0 Å². The van der Waals surface area contributed by atoms with Gasteiger partial charge in [-0.1, -0.05) is 25.7 Å². The van der Waals surface area contributed by atoms with Gasteiger partial charge in [-0.25, -0.2) is 4.74 Å². The second kappa shape index (κ2) is 12.7. The van der Waals surface area contributed by atoms with Crippen LogP contribution >= 0.6 is 7.74 Å². The van der Waals surface area contributed by atoms with E-state index in [2.05, 4.69) is 23.5 Å². The SMILES string of the molecule is CCCCCC#CCN=P(OCC)(OCC)OCC. The lowest BCUT2D eigenvalue weighted by atomic mass is 10.2. The Bertz CT molecular complexity index is 297. The molecule has 0 aliphatic rings. The van der Waals surface area contributed by atoms with Gasteiger partial charge in [0.1, 0.15) is 6.54 Å². The summed E-state index contributed by atoms with van der Waals surface area (Å²) in [7, 11) is -2.54. The molecule has 0 unspecified atom stereocenters. The molecule has 0 N–H and O–H groups in total. The number of rotatable bonds is 10. The molecule has 0 saturated heterocycles. The third kappa shape index (κ3) is 9.24. The molecule has 0 aliphatic carbocycles. The molecule has 0 aliphatic heterocycles. The monoisotopic (exact) mass is 289 g/mol. The zero-order valence-corrected chi connectivity index (χ0v) is 13.7. The lowest BCUT2D eigenvalue weighted by Gasteiger charge is -2.21. The zero-order chi connectivity index (χ0) is 14.4. The molecule has 5 heteroatoms. The van der Waals surface area contributed by atoms with Gasteiger partial charge in [0.15, 0.2) is 0 Å². The van der Waals surface area contributed by atoms with Crippen molar-refractivity contribution >= 4 is 7.74 Å². The first-order valence-electron chi connectivity index (χ1n) is 7.22. The van der Waals surface area contributed by atoms with Crippen LogP contribution < -0.4 is 0 Å². The van der Waals surface area contributed by atoms with Gasteiger partial charge in [0.25, 0.3) is 0 Å². The summed E-state index contributed by atoms with van der Waals surface area (Å²) in [6, 6.07) is 0. The van der Waals surface area contributed by atoms with E-state index in [0.29, 0.717) is 26.4 Å². The van der Waals surface area contributed by atoms with Gasteiger partial charge in [-0.15, -0.1) is 5.92 Å². The van der Waals surface area contributed by atoms with Crippen LogP contribution in [-0.4, -0.2) is 26.4 Å². The second-order valence-corrected chi connectivity index (χ2v) is 5.83. The summed E-state index contributed by atoms with van der Waals surface area (Å²) in [6.07, 6.45) is 4.55. The molecule has 4 nitrogen and oxygen atoms in total. The lowest BCUT2D eigenvalue weighted by Crippen LogP contribution is -2.01. The van der Waals surface area contributed by atoms with Crippen molar-refractivity contribution in [3.05, 3.63) is 0 Å². The largest absolute Gasteiger partial charge is 0.356 e. The minimum atomic E-state index is -2.54. The molecule has 0 aromatic heterocycles. The van der Waals surface area contributed by atoms with Gasteiger partial charge in [-0.05, 0) is 27.2 Å². The summed E-state index contributed by atoms with van der Waals surface area (Å²) in [6.45, 7) is 9.94. The van der Waals surface area contributed by atoms with E-state index in [-0.39, 0.29) is 0 Å². The lowest BCUT2D eigenvalue weighted by molar-refractivity contribution is 0.162. The second-order valence-electron chi connectivity index (χ2n) is 3.83. The first-order chi connectivity index (χ1) is 9.24. The van der Waals surface area contributed by atoms with Crippen molar-refractivity contribution in [2.45, 2.75) is 53.4 Å². The molecule has 0 aromatic carbocycles. The maximum absolute atomic E-state index is 5.59. The van der Waals surface area contributed by atoms with Crippen LogP contribution in [-0.2, 0) is 13.6 Å². The number of hydrogen-bond donors (Lipinski definition) is 0. The van der Waals surface area contributed by atoms with E-state index in [1.54, 1.807) is 0 Å². The number of unbranched alkanes of at least 4 members (excludes halogenated alkanes) is 3. The molecule has 0 fully saturated rings. The Labute approximate surface area is 118 Å². The Morgan fingerprint density at radius 3 is 1.89 bits per heavy atom. The number of hydrogen-bond acceptors (Lipinski definition) is 4.